The molecule has 0 radical (unpaired) electrons. The molecule has 0 aliphatic carbocycles. The Morgan fingerprint density at radius 3 is 2.38 bits per heavy atom. The van der Waals surface area contributed by atoms with E-state index in [0.717, 1.165) is 6.42 Å². The second-order valence-corrected chi connectivity index (χ2v) is 3.83. The fourth-order valence-corrected chi connectivity index (χ4v) is 1.33. The Balaban J connectivity index is 2.59. The molecule has 0 N–H and O–H groups in total. The van der Waals surface area contributed by atoms with Crippen molar-refractivity contribution in [2.45, 2.75) is 33.1 Å². The summed E-state index contributed by atoms with van der Waals surface area (Å²) in [5.41, 5.74) is 2.84. The molecule has 0 aromatic heterocycles. The van der Waals surface area contributed by atoms with Gasteiger partial charge in [-0.1, -0.05) is 48.9 Å². The number of hydrogen-bond acceptors (Lipinski definition) is 0. The fourth-order valence-electron chi connectivity index (χ4n) is 1.33. The summed E-state index contributed by atoms with van der Waals surface area (Å²) in [5, 5.41) is 0. The molecule has 0 saturated carbocycles. The molecule has 0 spiro atoms. The number of benzene rings is 1. The Morgan fingerprint density at radius 1 is 1.23 bits per heavy atom. The molecule has 1 aromatic rings. The van der Waals surface area contributed by atoms with Crippen molar-refractivity contribution in [3.8, 4) is 0 Å². The highest BCUT2D eigenvalue weighted by Crippen LogP contribution is 2.19. The minimum atomic E-state index is 0.635. The van der Waals surface area contributed by atoms with Crippen molar-refractivity contribution >= 4 is 0 Å². The van der Waals surface area contributed by atoms with E-state index in [2.05, 4.69) is 57.2 Å². The smallest absolute Gasteiger partial charge is 0.0156 e. The van der Waals surface area contributed by atoms with E-state index in [-0.39, 0.29) is 0 Å². The summed E-state index contributed by atoms with van der Waals surface area (Å²) in [4.78, 5) is 0. The Bertz CT molecular complexity index is 265. The van der Waals surface area contributed by atoms with Gasteiger partial charge in [0.25, 0.3) is 0 Å². The van der Waals surface area contributed by atoms with Crippen LogP contribution in [0.4, 0.5) is 0 Å². The van der Waals surface area contributed by atoms with E-state index in [1.54, 1.807) is 0 Å². The van der Waals surface area contributed by atoms with Crippen molar-refractivity contribution in [1.29, 1.82) is 0 Å². The summed E-state index contributed by atoms with van der Waals surface area (Å²) in [6, 6.07) is 10.7. The van der Waals surface area contributed by atoms with E-state index in [0.29, 0.717) is 5.92 Å². The molecule has 70 valence electrons. The second kappa shape index (κ2) is 4.86. The highest BCUT2D eigenvalue weighted by Gasteiger charge is 2.01. The van der Waals surface area contributed by atoms with Gasteiger partial charge >= 0.3 is 0 Å². The van der Waals surface area contributed by atoms with Crippen molar-refractivity contribution in [3.63, 3.8) is 0 Å². The zero-order valence-corrected chi connectivity index (χ0v) is 8.75. The van der Waals surface area contributed by atoms with Gasteiger partial charge in [-0.05, 0) is 31.7 Å². The standard InChI is InChI=1S/C13H18/c1-11(2)9-10-12(3)13-7-5-4-6-8-13/h4-9,12H,10H2,1-3H3/t12-/m0/s1. The molecule has 13 heavy (non-hydrogen) atoms. The second-order valence-electron chi connectivity index (χ2n) is 3.83. The molecular formula is C13H18. The molecule has 0 heteroatoms. The van der Waals surface area contributed by atoms with E-state index in [1.807, 2.05) is 0 Å². The summed E-state index contributed by atoms with van der Waals surface area (Å²) >= 11 is 0. The largest absolute Gasteiger partial charge is 0.0853 e. The lowest BCUT2D eigenvalue weighted by Crippen LogP contribution is -1.90. The van der Waals surface area contributed by atoms with Crippen molar-refractivity contribution in [1.82, 2.24) is 0 Å². The topological polar surface area (TPSA) is 0 Å². The number of allylic oxidation sites excluding steroid dienone is 2. The van der Waals surface area contributed by atoms with E-state index in [9.17, 15) is 0 Å². The van der Waals surface area contributed by atoms with Gasteiger partial charge in [0, 0.05) is 0 Å². The molecule has 0 aliphatic heterocycles. The SMILES string of the molecule is CC(C)=CC[C@H](C)c1ccccc1. The molecular weight excluding hydrogens is 156 g/mol. The molecule has 0 bridgehead atoms. The monoisotopic (exact) mass is 174 g/mol. The lowest BCUT2D eigenvalue weighted by Gasteiger charge is -2.08. The normalized spacial score (nSPS) is 12.2. The molecule has 1 rings (SSSR count). The van der Waals surface area contributed by atoms with E-state index in [4.69, 9.17) is 0 Å². The van der Waals surface area contributed by atoms with E-state index >= 15 is 0 Å². The van der Waals surface area contributed by atoms with Crippen molar-refractivity contribution < 1.29 is 0 Å². The van der Waals surface area contributed by atoms with Gasteiger partial charge in [-0.15, -0.1) is 0 Å². The minimum absolute atomic E-state index is 0.635. The van der Waals surface area contributed by atoms with Crippen LogP contribution in [0, 0.1) is 0 Å². The molecule has 0 amide bonds. The first-order valence-corrected chi connectivity index (χ1v) is 4.88. The summed E-state index contributed by atoms with van der Waals surface area (Å²) in [6.07, 6.45) is 3.45. The quantitative estimate of drug-likeness (QED) is 0.604. The van der Waals surface area contributed by atoms with Crippen LogP contribution in [-0.4, -0.2) is 0 Å². The highest BCUT2D eigenvalue weighted by atomic mass is 14.1. The van der Waals surface area contributed by atoms with Crippen LogP contribution in [0.25, 0.3) is 0 Å². The Morgan fingerprint density at radius 2 is 1.85 bits per heavy atom. The van der Waals surface area contributed by atoms with Gasteiger partial charge in [0.2, 0.25) is 0 Å². The fraction of sp³-hybridized carbons (Fsp3) is 0.385. The summed E-state index contributed by atoms with van der Waals surface area (Å²) in [5.74, 6) is 0.635. The lowest BCUT2D eigenvalue weighted by molar-refractivity contribution is 0.776. The van der Waals surface area contributed by atoms with Gasteiger partial charge in [0.15, 0.2) is 0 Å². The third-order valence-electron chi connectivity index (χ3n) is 2.25. The van der Waals surface area contributed by atoms with Gasteiger partial charge in [-0.3, -0.25) is 0 Å². The maximum Gasteiger partial charge on any atom is -0.0156 e. The molecule has 0 aliphatic rings. The average molecular weight is 174 g/mol. The molecule has 0 fully saturated rings. The van der Waals surface area contributed by atoms with Crippen molar-refractivity contribution in [2.24, 2.45) is 0 Å². The highest BCUT2D eigenvalue weighted by molar-refractivity contribution is 5.19. The van der Waals surface area contributed by atoms with E-state index in [1.165, 1.54) is 11.1 Å². The predicted molar refractivity (Wildman–Crippen MR) is 58.9 cm³/mol. The Hall–Kier alpha value is -1.04. The van der Waals surface area contributed by atoms with Gasteiger partial charge < -0.3 is 0 Å². The lowest BCUT2D eigenvalue weighted by atomic mass is 9.97. The van der Waals surface area contributed by atoms with Gasteiger partial charge in [-0.25, -0.2) is 0 Å². The average Bonchev–Trinajstić information content (AvgIpc) is 2.15. The number of rotatable bonds is 3. The molecule has 0 nitrogen and oxygen atoms in total. The first-order chi connectivity index (χ1) is 6.20. The first-order valence-electron chi connectivity index (χ1n) is 4.88. The summed E-state index contributed by atoms with van der Waals surface area (Å²) in [7, 11) is 0. The van der Waals surface area contributed by atoms with Crippen molar-refractivity contribution in [2.75, 3.05) is 0 Å². The van der Waals surface area contributed by atoms with Crippen LogP contribution < -0.4 is 0 Å². The maximum absolute atomic E-state index is 2.30. The van der Waals surface area contributed by atoms with Crippen LogP contribution in [-0.2, 0) is 0 Å². The van der Waals surface area contributed by atoms with Crippen LogP contribution >= 0.6 is 0 Å². The van der Waals surface area contributed by atoms with Crippen molar-refractivity contribution in [3.05, 3.63) is 47.5 Å². The molecule has 0 unspecified atom stereocenters. The predicted octanol–water partition coefficient (Wildman–Crippen LogP) is 4.15. The van der Waals surface area contributed by atoms with Gasteiger partial charge in [-0.2, -0.15) is 0 Å². The zero-order valence-electron chi connectivity index (χ0n) is 8.75. The van der Waals surface area contributed by atoms with Gasteiger partial charge in [0.1, 0.15) is 0 Å². The summed E-state index contributed by atoms with van der Waals surface area (Å²) in [6.45, 7) is 6.57. The Labute approximate surface area is 81.3 Å². The summed E-state index contributed by atoms with van der Waals surface area (Å²) < 4.78 is 0. The van der Waals surface area contributed by atoms with Crippen LogP contribution in [0.15, 0.2) is 42.0 Å². The first kappa shape index (κ1) is 10.0. The van der Waals surface area contributed by atoms with Crippen LogP contribution in [0.3, 0.4) is 0 Å². The molecule has 0 heterocycles. The van der Waals surface area contributed by atoms with Crippen LogP contribution in [0.1, 0.15) is 38.7 Å². The van der Waals surface area contributed by atoms with Gasteiger partial charge in [0.05, 0.1) is 0 Å². The number of hydrogen-bond donors (Lipinski definition) is 0. The molecule has 0 saturated heterocycles. The molecule has 1 aromatic carbocycles. The third kappa shape index (κ3) is 3.45. The van der Waals surface area contributed by atoms with Crippen LogP contribution in [0.5, 0.6) is 0 Å². The third-order valence-corrected chi connectivity index (χ3v) is 2.25. The Kier molecular flexibility index (Phi) is 3.75. The molecule has 1 atom stereocenters. The minimum Gasteiger partial charge on any atom is -0.0853 e. The maximum atomic E-state index is 2.30. The zero-order chi connectivity index (χ0) is 9.68. The van der Waals surface area contributed by atoms with Crippen LogP contribution in [0.2, 0.25) is 0 Å². The van der Waals surface area contributed by atoms with E-state index < -0.39 is 0 Å².